The first-order valence-electron chi connectivity index (χ1n) is 40.6. The monoisotopic (exact) mass is 1260 g/mol. The van der Waals surface area contributed by atoms with Crippen molar-refractivity contribution in [2.24, 2.45) is 130 Å². The second-order valence-corrected chi connectivity index (χ2v) is 34.9. The molecule has 90 heavy (non-hydrogen) atoms. The SMILES string of the molecule is CC[C@H](C)CCC[C@H]1CCC[C@H]([C@H](C)CCC[C@@H](CC[C@@H](C)CCC[C@@H](C)[C@H]2CC[C@H](C3CC[C@H](CC(=O)OC)C3)C2)CC[C@@H](CCC[C@@H](C)[C@H]2CC[C@H](CCC[C@@H](C)CC(=O)OC)C2)CC[C@@H](C)CCC[C@@H](C)[C@H]2CC[C@H](C3CC[C@H](CC(=O)OC)C3)C2)C1. The minimum absolute atomic E-state index is 0.00801. The van der Waals surface area contributed by atoms with Crippen LogP contribution in [0.5, 0.6) is 0 Å². The van der Waals surface area contributed by atoms with E-state index in [1.807, 2.05) is 0 Å². The van der Waals surface area contributed by atoms with E-state index in [1.54, 1.807) is 14.2 Å². The lowest BCUT2D eigenvalue weighted by molar-refractivity contribution is -0.142. The van der Waals surface area contributed by atoms with Crippen molar-refractivity contribution in [1.29, 1.82) is 0 Å². The van der Waals surface area contributed by atoms with Gasteiger partial charge in [-0.05, 0) is 227 Å². The van der Waals surface area contributed by atoms with E-state index in [0.29, 0.717) is 37.0 Å². The van der Waals surface area contributed by atoms with Gasteiger partial charge in [0.05, 0.1) is 21.3 Å². The van der Waals surface area contributed by atoms with Crippen molar-refractivity contribution < 1.29 is 28.6 Å². The number of carbonyl (C=O) groups excluding carboxylic acids is 3. The van der Waals surface area contributed by atoms with Gasteiger partial charge in [0.25, 0.3) is 0 Å². The van der Waals surface area contributed by atoms with Crippen molar-refractivity contribution in [3.8, 4) is 0 Å². The Hall–Kier alpha value is -1.59. The topological polar surface area (TPSA) is 78.9 Å². The number of rotatable bonds is 46. The van der Waals surface area contributed by atoms with Crippen LogP contribution in [-0.4, -0.2) is 39.2 Å². The minimum atomic E-state index is -0.0541. The molecule has 22 atom stereocenters. The van der Waals surface area contributed by atoms with E-state index in [2.05, 4.69) is 62.3 Å². The van der Waals surface area contributed by atoms with Crippen LogP contribution in [0.4, 0.5) is 0 Å². The van der Waals surface area contributed by atoms with Crippen molar-refractivity contribution in [2.45, 2.75) is 364 Å². The largest absolute Gasteiger partial charge is 0.469 e. The van der Waals surface area contributed by atoms with Crippen molar-refractivity contribution in [3.05, 3.63) is 0 Å². The third kappa shape index (κ3) is 28.6. The molecule has 0 bridgehead atoms. The molecule has 0 amide bonds. The fourth-order valence-electron chi connectivity index (χ4n) is 20.9. The van der Waals surface area contributed by atoms with E-state index >= 15 is 0 Å². The Morgan fingerprint density at radius 1 is 0.322 bits per heavy atom. The van der Waals surface area contributed by atoms with Crippen molar-refractivity contribution in [3.63, 3.8) is 0 Å². The van der Waals surface area contributed by atoms with Gasteiger partial charge in [-0.15, -0.1) is 0 Å². The molecule has 0 aromatic rings. The lowest BCUT2D eigenvalue weighted by atomic mass is 9.72. The van der Waals surface area contributed by atoms with Crippen LogP contribution in [0.3, 0.4) is 0 Å². The van der Waals surface area contributed by atoms with Crippen LogP contribution in [0.2, 0.25) is 0 Å². The summed E-state index contributed by atoms with van der Waals surface area (Å²) >= 11 is 0. The van der Waals surface area contributed by atoms with Crippen LogP contribution in [0.15, 0.2) is 0 Å². The number of methoxy groups -OCH3 is 3. The molecule has 524 valence electrons. The van der Waals surface area contributed by atoms with Gasteiger partial charge in [0, 0.05) is 19.3 Å². The first-order valence-corrected chi connectivity index (χ1v) is 40.6. The van der Waals surface area contributed by atoms with E-state index in [0.717, 1.165) is 119 Å². The van der Waals surface area contributed by atoms with Crippen molar-refractivity contribution in [2.75, 3.05) is 21.3 Å². The highest BCUT2D eigenvalue weighted by molar-refractivity contribution is 5.70. The fourth-order valence-corrected chi connectivity index (χ4v) is 20.9. The standard InChI is InChI=1S/C84H152O6/c1-13-60(2)21-16-31-70-33-20-34-74(52-70)64(6)27-18-29-68(37-35-61(3)22-14-25-66(8)76-47-49-80(58-76)78-45-42-72(54-78)56-83(86)89-11)39-40-69(30-19-28-65(7)75-44-41-71(53-75)32-17-24-63(5)51-82(85)88-10)38-36-62(4)23-15-26-67(9)77-48-50-81(59-77)79-46-43-73(55-79)57-84(87)90-12/h60-81H,13-59H2,1-12H3/t60-,61-,62-,63+,64+,65+,66+,67+,68-,69-,70-,71-,72-,73-,74-,75-,76-,77-,78?,79?,80-,81-/m0/s1. The van der Waals surface area contributed by atoms with E-state index in [9.17, 15) is 14.4 Å². The Labute approximate surface area is 559 Å². The summed E-state index contributed by atoms with van der Waals surface area (Å²) in [7, 11) is 4.62. The predicted molar refractivity (Wildman–Crippen MR) is 381 cm³/mol. The third-order valence-corrected chi connectivity index (χ3v) is 27.9. The molecule has 6 aliphatic carbocycles. The molecule has 0 heterocycles. The zero-order valence-corrected chi connectivity index (χ0v) is 61.9. The van der Waals surface area contributed by atoms with Gasteiger partial charge < -0.3 is 14.2 Å². The summed E-state index contributed by atoms with van der Waals surface area (Å²) in [6.07, 6.45) is 63.7. The highest BCUT2D eigenvalue weighted by atomic mass is 16.5. The Bertz CT molecular complexity index is 1910. The van der Waals surface area contributed by atoms with E-state index in [1.165, 1.54) is 283 Å². The van der Waals surface area contributed by atoms with E-state index in [-0.39, 0.29) is 17.9 Å². The smallest absolute Gasteiger partial charge is 0.305 e. The van der Waals surface area contributed by atoms with Crippen molar-refractivity contribution >= 4 is 17.9 Å². The minimum Gasteiger partial charge on any atom is -0.469 e. The van der Waals surface area contributed by atoms with Crippen LogP contribution in [0.25, 0.3) is 0 Å². The highest BCUT2D eigenvalue weighted by Gasteiger charge is 2.40. The molecule has 0 saturated heterocycles. The molecule has 0 spiro atoms. The summed E-state index contributed by atoms with van der Waals surface area (Å²) < 4.78 is 15.0. The highest BCUT2D eigenvalue weighted by Crippen LogP contribution is 2.50. The van der Waals surface area contributed by atoms with Gasteiger partial charge in [-0.2, -0.15) is 0 Å². The van der Waals surface area contributed by atoms with Crippen LogP contribution < -0.4 is 0 Å². The summed E-state index contributed by atoms with van der Waals surface area (Å²) in [4.78, 5) is 35.9. The Balaban J connectivity index is 1.01. The second-order valence-electron chi connectivity index (χ2n) is 34.9. The molecule has 6 fully saturated rings. The van der Waals surface area contributed by atoms with Crippen LogP contribution in [0.1, 0.15) is 364 Å². The summed E-state index contributed by atoms with van der Waals surface area (Å²) in [5, 5.41) is 0. The number of hydrogen-bond acceptors (Lipinski definition) is 6. The molecule has 2 unspecified atom stereocenters. The van der Waals surface area contributed by atoms with Gasteiger partial charge in [0.15, 0.2) is 0 Å². The molecular formula is C84H152O6. The Morgan fingerprint density at radius 2 is 0.678 bits per heavy atom. The second kappa shape index (κ2) is 42.9. The number of esters is 3. The summed E-state index contributed by atoms with van der Waals surface area (Å²) in [6, 6.07) is 0. The van der Waals surface area contributed by atoms with Gasteiger partial charge >= 0.3 is 17.9 Å². The zero-order chi connectivity index (χ0) is 64.8. The molecule has 6 aliphatic rings. The van der Waals surface area contributed by atoms with E-state index < -0.39 is 0 Å². The van der Waals surface area contributed by atoms with Gasteiger partial charge in [-0.3, -0.25) is 14.4 Å². The lowest BCUT2D eigenvalue weighted by Gasteiger charge is -2.33. The van der Waals surface area contributed by atoms with Crippen LogP contribution in [0, 0.1) is 130 Å². The first-order chi connectivity index (χ1) is 43.4. The van der Waals surface area contributed by atoms with Gasteiger partial charge in [-0.25, -0.2) is 0 Å². The first kappa shape index (κ1) is 77.4. The molecule has 6 nitrogen and oxygen atoms in total. The molecule has 0 aliphatic heterocycles. The Morgan fingerprint density at radius 3 is 1.13 bits per heavy atom. The zero-order valence-electron chi connectivity index (χ0n) is 61.9. The Kier molecular flexibility index (Phi) is 36.9. The molecule has 6 rings (SSSR count). The average molecular weight is 1260 g/mol. The van der Waals surface area contributed by atoms with E-state index in [4.69, 9.17) is 14.2 Å². The van der Waals surface area contributed by atoms with Gasteiger partial charge in [0.1, 0.15) is 0 Å². The fraction of sp³-hybridized carbons (Fsp3) is 0.964. The molecule has 0 aromatic carbocycles. The summed E-state index contributed by atoms with van der Waals surface area (Å²) in [5.41, 5.74) is 0. The molecular weight excluding hydrogens is 1100 g/mol. The molecule has 0 N–H and O–H groups in total. The third-order valence-electron chi connectivity index (χ3n) is 27.9. The molecule has 0 aromatic heterocycles. The number of hydrogen-bond donors (Lipinski definition) is 0. The summed E-state index contributed by atoms with van der Waals surface area (Å²) in [5.74, 6) is 18.3. The molecule has 0 radical (unpaired) electrons. The maximum Gasteiger partial charge on any atom is 0.305 e. The molecule has 6 heteroatoms. The summed E-state index contributed by atoms with van der Waals surface area (Å²) in [6.45, 7) is 22.8. The van der Waals surface area contributed by atoms with Gasteiger partial charge in [0.2, 0.25) is 0 Å². The van der Waals surface area contributed by atoms with Gasteiger partial charge in [-0.1, -0.05) is 249 Å². The maximum absolute atomic E-state index is 12.0. The maximum atomic E-state index is 12.0. The predicted octanol–water partition coefficient (Wildman–Crippen LogP) is 24.7. The van der Waals surface area contributed by atoms with Crippen LogP contribution >= 0.6 is 0 Å². The van der Waals surface area contributed by atoms with Crippen LogP contribution in [-0.2, 0) is 28.6 Å². The molecule has 6 saturated carbocycles. The number of ether oxygens (including phenoxy) is 3. The quantitative estimate of drug-likeness (QED) is 0.0446. The lowest BCUT2D eigenvalue weighted by Crippen LogP contribution is -2.21. The number of carbonyl (C=O) groups is 3. The average Bonchev–Trinajstić information content (AvgIpc) is 2.39. The normalized spacial score (nSPS) is 30.5. The van der Waals surface area contributed by atoms with Crippen molar-refractivity contribution in [1.82, 2.24) is 0 Å².